The Balaban J connectivity index is 2.02. The number of fused-ring (bicyclic) bond motifs is 2. The molecule has 0 unspecified atom stereocenters. The van der Waals surface area contributed by atoms with Crippen LogP contribution in [0.5, 0.6) is 11.5 Å². The first-order valence-corrected chi connectivity index (χ1v) is 11.5. The highest BCUT2D eigenvalue weighted by atomic mass is 127. The Kier molecular flexibility index (Phi) is 6.91. The summed E-state index contributed by atoms with van der Waals surface area (Å²) in [5, 5.41) is 0. The van der Waals surface area contributed by atoms with E-state index in [-0.39, 0.29) is 11.6 Å². The van der Waals surface area contributed by atoms with Crippen molar-refractivity contribution in [3.63, 3.8) is 0 Å². The predicted molar refractivity (Wildman–Crippen MR) is 118 cm³/mol. The number of benzene rings is 2. The van der Waals surface area contributed by atoms with Crippen LogP contribution in [0.2, 0.25) is 0 Å². The van der Waals surface area contributed by atoms with Crippen LogP contribution in [0.15, 0.2) is 36.4 Å². The average molecular weight is 576 g/mol. The van der Waals surface area contributed by atoms with Gasteiger partial charge in [0, 0.05) is 20.0 Å². The number of ketones is 2. The van der Waals surface area contributed by atoms with E-state index >= 15 is 0 Å². The summed E-state index contributed by atoms with van der Waals surface area (Å²) in [4.78, 5) is 26.2. The number of rotatable bonds is 8. The molecule has 2 aromatic rings. The molecule has 0 amide bonds. The Morgan fingerprint density at radius 2 is 1.15 bits per heavy atom. The van der Waals surface area contributed by atoms with Gasteiger partial charge in [-0.25, -0.2) is 0 Å². The quantitative estimate of drug-likeness (QED) is 0.218. The zero-order valence-electron chi connectivity index (χ0n) is 14.1. The van der Waals surface area contributed by atoms with Crippen LogP contribution in [0.3, 0.4) is 0 Å². The molecule has 4 nitrogen and oxygen atoms in total. The molecule has 0 radical (unpaired) electrons. The van der Waals surface area contributed by atoms with Crippen molar-refractivity contribution >= 4 is 56.7 Å². The highest BCUT2D eigenvalue weighted by Gasteiger charge is 2.34. The lowest BCUT2D eigenvalue weighted by molar-refractivity contribution is 0.0972. The fourth-order valence-electron chi connectivity index (χ4n) is 2.89. The maximum absolute atomic E-state index is 13.2. The minimum atomic E-state index is -0.204. The molecule has 0 aromatic heterocycles. The van der Waals surface area contributed by atoms with Gasteiger partial charge in [-0.1, -0.05) is 69.4 Å². The number of alkyl halides is 2. The fraction of sp³-hybridized carbons (Fsp3) is 0.300. The summed E-state index contributed by atoms with van der Waals surface area (Å²) in [6, 6.07) is 10.4. The molecule has 1 aliphatic rings. The number of halogens is 2. The second kappa shape index (κ2) is 9.16. The van der Waals surface area contributed by atoms with Gasteiger partial charge in [-0.2, -0.15) is 0 Å². The monoisotopic (exact) mass is 576 g/mol. The number of ether oxygens (including phenoxy) is 2. The van der Waals surface area contributed by atoms with Gasteiger partial charge in [0.25, 0.3) is 0 Å². The fourth-order valence-corrected chi connectivity index (χ4v) is 3.52. The molecule has 6 heteroatoms. The Morgan fingerprint density at radius 1 is 0.692 bits per heavy atom. The molecule has 3 rings (SSSR count). The van der Waals surface area contributed by atoms with Crippen LogP contribution in [0.4, 0.5) is 0 Å². The second-order valence-electron chi connectivity index (χ2n) is 5.80. The third-order valence-corrected chi connectivity index (χ3v) is 5.59. The van der Waals surface area contributed by atoms with Crippen LogP contribution in [-0.4, -0.2) is 33.6 Å². The Hall–Kier alpha value is -1.16. The molecule has 0 spiro atoms. The number of hydrogen-bond donors (Lipinski definition) is 0. The third-order valence-electron chi connectivity index (χ3n) is 4.07. The Labute approximate surface area is 179 Å². The van der Waals surface area contributed by atoms with Crippen LogP contribution < -0.4 is 9.47 Å². The lowest BCUT2D eigenvalue weighted by atomic mass is 9.83. The molecule has 2 aromatic carbocycles. The third kappa shape index (κ3) is 3.90. The summed E-state index contributed by atoms with van der Waals surface area (Å²) < 4.78 is 13.5. The maximum atomic E-state index is 13.2. The van der Waals surface area contributed by atoms with Gasteiger partial charge >= 0.3 is 0 Å². The number of hydrogen-bond acceptors (Lipinski definition) is 4. The van der Waals surface area contributed by atoms with Crippen molar-refractivity contribution in [3.05, 3.63) is 58.7 Å². The molecule has 0 fully saturated rings. The standard InChI is InChI=1S/C20H18I2O4/c21-9-3-11-25-15-7-1-5-13-17(15)20(24)18-14(19(13)23)6-2-8-16(18)26-12-4-10-22/h1-2,5-8H,3-4,9-12H2. The van der Waals surface area contributed by atoms with Gasteiger partial charge in [-0.15, -0.1) is 0 Å². The Bertz CT molecular complexity index is 767. The largest absolute Gasteiger partial charge is 0.493 e. The van der Waals surface area contributed by atoms with E-state index < -0.39 is 0 Å². The van der Waals surface area contributed by atoms with E-state index in [0.29, 0.717) is 47.0 Å². The van der Waals surface area contributed by atoms with Crippen LogP contribution in [-0.2, 0) is 0 Å². The summed E-state index contributed by atoms with van der Waals surface area (Å²) in [7, 11) is 0. The molecular weight excluding hydrogens is 558 g/mol. The number of carbonyl (C=O) groups excluding carboxylic acids is 2. The van der Waals surface area contributed by atoms with Gasteiger partial charge in [-0.3, -0.25) is 9.59 Å². The molecule has 0 heterocycles. The van der Waals surface area contributed by atoms with Gasteiger partial charge in [0.05, 0.1) is 24.3 Å². The maximum Gasteiger partial charge on any atom is 0.201 e. The molecule has 0 aliphatic heterocycles. The van der Waals surface area contributed by atoms with Gasteiger partial charge < -0.3 is 9.47 Å². The van der Waals surface area contributed by atoms with Crippen molar-refractivity contribution in [1.82, 2.24) is 0 Å². The molecule has 0 atom stereocenters. The Morgan fingerprint density at radius 3 is 1.58 bits per heavy atom. The highest BCUT2D eigenvalue weighted by molar-refractivity contribution is 14.1. The summed E-state index contributed by atoms with van der Waals surface area (Å²) in [5.74, 6) is 0.579. The molecule has 1 aliphatic carbocycles. The first-order chi connectivity index (χ1) is 12.7. The highest BCUT2D eigenvalue weighted by Crippen LogP contribution is 2.37. The molecule has 0 bridgehead atoms. The lowest BCUT2D eigenvalue weighted by Gasteiger charge is -2.22. The topological polar surface area (TPSA) is 52.6 Å². The molecule has 136 valence electrons. The van der Waals surface area contributed by atoms with Gasteiger partial charge in [0.1, 0.15) is 11.5 Å². The van der Waals surface area contributed by atoms with Crippen LogP contribution in [0.25, 0.3) is 0 Å². The van der Waals surface area contributed by atoms with Crippen LogP contribution >= 0.6 is 45.2 Å². The molecule has 0 N–H and O–H groups in total. The summed E-state index contributed by atoms with van der Waals surface area (Å²) in [5.41, 5.74) is 1.50. The van der Waals surface area contributed by atoms with E-state index in [2.05, 4.69) is 45.2 Å². The summed E-state index contributed by atoms with van der Waals surface area (Å²) >= 11 is 4.57. The predicted octanol–water partition coefficient (Wildman–Crippen LogP) is 4.87. The molecule has 26 heavy (non-hydrogen) atoms. The lowest BCUT2D eigenvalue weighted by Crippen LogP contribution is -2.23. The van der Waals surface area contributed by atoms with E-state index in [1.54, 1.807) is 36.4 Å². The summed E-state index contributed by atoms with van der Waals surface area (Å²) in [6.45, 7) is 1.03. The second-order valence-corrected chi connectivity index (χ2v) is 7.96. The van der Waals surface area contributed by atoms with E-state index in [1.807, 2.05) is 0 Å². The SMILES string of the molecule is O=C1c2cccc(OCCCI)c2C(=O)c2c(OCCCI)cccc21. The summed E-state index contributed by atoms with van der Waals surface area (Å²) in [6.07, 6.45) is 1.77. The van der Waals surface area contributed by atoms with E-state index in [9.17, 15) is 9.59 Å². The molecular formula is C20H18I2O4. The zero-order valence-corrected chi connectivity index (χ0v) is 18.4. The van der Waals surface area contributed by atoms with Crippen LogP contribution in [0.1, 0.15) is 44.7 Å². The van der Waals surface area contributed by atoms with Crippen molar-refractivity contribution in [2.24, 2.45) is 0 Å². The van der Waals surface area contributed by atoms with Crippen molar-refractivity contribution in [1.29, 1.82) is 0 Å². The van der Waals surface area contributed by atoms with Gasteiger partial charge in [-0.05, 0) is 25.0 Å². The normalized spacial score (nSPS) is 12.5. The van der Waals surface area contributed by atoms with Crippen LogP contribution in [0, 0.1) is 0 Å². The molecule has 0 saturated heterocycles. The van der Waals surface area contributed by atoms with Crippen molar-refractivity contribution in [3.8, 4) is 11.5 Å². The van der Waals surface area contributed by atoms with Crippen molar-refractivity contribution in [2.75, 3.05) is 22.1 Å². The molecule has 0 saturated carbocycles. The first-order valence-electron chi connectivity index (χ1n) is 8.42. The first kappa shape index (κ1) is 19.6. The van der Waals surface area contributed by atoms with Gasteiger partial charge in [0.15, 0.2) is 5.78 Å². The minimum Gasteiger partial charge on any atom is -0.493 e. The van der Waals surface area contributed by atoms with E-state index in [0.717, 1.165) is 21.7 Å². The van der Waals surface area contributed by atoms with E-state index in [1.165, 1.54) is 0 Å². The average Bonchev–Trinajstić information content (AvgIpc) is 2.66. The van der Waals surface area contributed by atoms with Gasteiger partial charge in [0.2, 0.25) is 5.78 Å². The minimum absolute atomic E-state index is 0.159. The van der Waals surface area contributed by atoms with Crippen molar-refractivity contribution in [2.45, 2.75) is 12.8 Å². The van der Waals surface area contributed by atoms with E-state index in [4.69, 9.17) is 9.47 Å². The number of carbonyl (C=O) groups is 2. The zero-order chi connectivity index (χ0) is 18.5. The van der Waals surface area contributed by atoms with Crippen molar-refractivity contribution < 1.29 is 19.1 Å². The smallest absolute Gasteiger partial charge is 0.201 e.